The van der Waals surface area contributed by atoms with Gasteiger partial charge in [-0.15, -0.1) is 0 Å². The Hall–Kier alpha value is -1.18. The monoisotopic (exact) mass is 321 g/mol. The number of nitrogens with zero attached hydrogens (tertiary/aromatic N) is 1. The van der Waals surface area contributed by atoms with Crippen molar-refractivity contribution in [2.45, 2.75) is 17.7 Å². The van der Waals surface area contributed by atoms with E-state index < -0.39 is 27.7 Å². The average molecular weight is 322 g/mol. The topological polar surface area (TPSA) is 74.7 Å². The first-order valence-electron chi connectivity index (χ1n) is 6.00. The van der Waals surface area contributed by atoms with E-state index in [0.717, 1.165) is 22.5 Å². The Balaban J connectivity index is 2.32. The van der Waals surface area contributed by atoms with Crippen LogP contribution in [0.2, 0.25) is 5.02 Å². The van der Waals surface area contributed by atoms with E-state index in [1.54, 1.807) is 0 Å². The van der Waals surface area contributed by atoms with Gasteiger partial charge in [0, 0.05) is 18.1 Å². The Kier molecular flexibility index (Phi) is 4.31. The highest BCUT2D eigenvalue weighted by Gasteiger charge is 2.33. The summed E-state index contributed by atoms with van der Waals surface area (Å²) in [6.07, 6.45) is 0.893. The van der Waals surface area contributed by atoms with Crippen molar-refractivity contribution in [1.82, 2.24) is 4.31 Å². The Morgan fingerprint density at radius 1 is 1.40 bits per heavy atom. The number of hydrogen-bond acceptors (Lipinski definition) is 3. The maximum absolute atomic E-state index is 13.3. The molecule has 0 bridgehead atoms. The molecule has 0 saturated carbocycles. The molecule has 2 rings (SSSR count). The molecule has 20 heavy (non-hydrogen) atoms. The molecule has 0 spiro atoms. The van der Waals surface area contributed by atoms with Crippen LogP contribution in [0, 0.1) is 11.7 Å². The zero-order valence-corrected chi connectivity index (χ0v) is 12.0. The number of rotatable bonds is 3. The Bertz CT molecular complexity index is 614. The van der Waals surface area contributed by atoms with Crippen molar-refractivity contribution in [2.75, 3.05) is 13.1 Å². The fraction of sp³-hybridized carbons (Fsp3) is 0.417. The largest absolute Gasteiger partial charge is 0.481 e. The van der Waals surface area contributed by atoms with Gasteiger partial charge in [-0.1, -0.05) is 11.6 Å². The van der Waals surface area contributed by atoms with Gasteiger partial charge in [-0.25, -0.2) is 12.8 Å². The molecule has 8 heteroatoms. The molecular formula is C12H13ClFNO4S. The van der Waals surface area contributed by atoms with E-state index in [2.05, 4.69) is 0 Å². The summed E-state index contributed by atoms with van der Waals surface area (Å²) in [7, 11) is -3.93. The lowest BCUT2D eigenvalue weighted by molar-refractivity contribution is -0.142. The number of carbonyl (C=O) groups is 1. The van der Waals surface area contributed by atoms with Gasteiger partial charge in [-0.05, 0) is 31.0 Å². The van der Waals surface area contributed by atoms with E-state index in [0.29, 0.717) is 12.8 Å². The highest BCUT2D eigenvalue weighted by atomic mass is 35.5. The fourth-order valence-corrected chi connectivity index (χ4v) is 4.06. The minimum absolute atomic E-state index is 0.0182. The molecule has 0 aliphatic carbocycles. The maximum Gasteiger partial charge on any atom is 0.307 e. The van der Waals surface area contributed by atoms with Crippen molar-refractivity contribution < 1.29 is 22.7 Å². The molecular weight excluding hydrogens is 309 g/mol. The Morgan fingerprint density at radius 3 is 2.70 bits per heavy atom. The molecule has 1 fully saturated rings. The molecule has 1 atom stereocenters. The van der Waals surface area contributed by atoms with E-state index in [1.165, 1.54) is 0 Å². The van der Waals surface area contributed by atoms with Crippen LogP contribution in [-0.2, 0) is 14.8 Å². The Labute approximate surface area is 121 Å². The van der Waals surface area contributed by atoms with Gasteiger partial charge in [0.15, 0.2) is 0 Å². The van der Waals surface area contributed by atoms with E-state index in [9.17, 15) is 17.6 Å². The van der Waals surface area contributed by atoms with Gasteiger partial charge in [0.25, 0.3) is 0 Å². The normalized spacial score (nSPS) is 20.8. The minimum Gasteiger partial charge on any atom is -0.481 e. The molecule has 0 radical (unpaired) electrons. The standard InChI is InChI=1S/C12H13ClFNO4S/c13-9-4-10(14)6-11(5-9)20(18,19)15-3-1-2-8(7-15)12(16)17/h4-6,8H,1-3,7H2,(H,16,17). The van der Waals surface area contributed by atoms with Crippen molar-refractivity contribution in [3.8, 4) is 0 Å². The molecule has 1 saturated heterocycles. The van der Waals surface area contributed by atoms with Gasteiger partial charge in [0.05, 0.1) is 10.8 Å². The minimum atomic E-state index is -3.93. The third-order valence-electron chi connectivity index (χ3n) is 3.21. The molecule has 110 valence electrons. The van der Waals surface area contributed by atoms with Crippen LogP contribution in [-0.4, -0.2) is 36.9 Å². The number of carboxylic acids is 1. The van der Waals surface area contributed by atoms with Crippen LogP contribution in [0.25, 0.3) is 0 Å². The van der Waals surface area contributed by atoms with E-state index >= 15 is 0 Å². The third kappa shape index (κ3) is 3.11. The smallest absolute Gasteiger partial charge is 0.307 e. The number of halogens is 2. The van der Waals surface area contributed by atoms with Gasteiger partial charge in [0.2, 0.25) is 10.0 Å². The zero-order valence-electron chi connectivity index (χ0n) is 10.4. The summed E-state index contributed by atoms with van der Waals surface area (Å²) in [5.41, 5.74) is 0. The number of aliphatic carboxylic acids is 1. The third-order valence-corrected chi connectivity index (χ3v) is 5.27. The maximum atomic E-state index is 13.3. The summed E-state index contributed by atoms with van der Waals surface area (Å²) < 4.78 is 39.1. The zero-order chi connectivity index (χ0) is 14.9. The molecule has 1 heterocycles. The summed E-state index contributed by atoms with van der Waals surface area (Å²) in [6, 6.07) is 3.05. The summed E-state index contributed by atoms with van der Waals surface area (Å²) in [4.78, 5) is 10.7. The molecule has 1 N–H and O–H groups in total. The van der Waals surface area contributed by atoms with E-state index in [4.69, 9.17) is 16.7 Å². The van der Waals surface area contributed by atoms with Crippen LogP contribution in [0.4, 0.5) is 4.39 Å². The molecule has 1 aromatic carbocycles. The second-order valence-corrected chi connectivity index (χ2v) is 7.02. The van der Waals surface area contributed by atoms with Crippen LogP contribution in [0.5, 0.6) is 0 Å². The number of carboxylic acid groups (broad SMARTS) is 1. The summed E-state index contributed by atoms with van der Waals surface area (Å²) in [5.74, 6) is -2.51. The number of sulfonamides is 1. The average Bonchev–Trinajstić information content (AvgIpc) is 2.37. The molecule has 5 nitrogen and oxygen atoms in total. The summed E-state index contributed by atoms with van der Waals surface area (Å²) in [6.45, 7) is 0.117. The van der Waals surface area contributed by atoms with Gasteiger partial charge in [-0.3, -0.25) is 4.79 Å². The first-order valence-corrected chi connectivity index (χ1v) is 7.81. The lowest BCUT2D eigenvalue weighted by atomic mass is 10.0. The second-order valence-electron chi connectivity index (χ2n) is 4.65. The van der Waals surface area contributed by atoms with Gasteiger partial charge in [0.1, 0.15) is 5.82 Å². The van der Waals surface area contributed by atoms with Crippen molar-refractivity contribution in [3.05, 3.63) is 29.0 Å². The van der Waals surface area contributed by atoms with Crippen LogP contribution < -0.4 is 0 Å². The number of hydrogen-bond donors (Lipinski definition) is 1. The van der Waals surface area contributed by atoms with Crippen LogP contribution in [0.3, 0.4) is 0 Å². The van der Waals surface area contributed by atoms with E-state index in [-0.39, 0.29) is 23.0 Å². The molecule has 1 unspecified atom stereocenters. The highest BCUT2D eigenvalue weighted by Crippen LogP contribution is 2.26. The fourth-order valence-electron chi connectivity index (χ4n) is 2.19. The number of benzene rings is 1. The lowest BCUT2D eigenvalue weighted by Gasteiger charge is -2.29. The predicted molar refractivity (Wildman–Crippen MR) is 70.5 cm³/mol. The van der Waals surface area contributed by atoms with Crippen LogP contribution >= 0.6 is 11.6 Å². The van der Waals surface area contributed by atoms with Crippen molar-refractivity contribution in [1.29, 1.82) is 0 Å². The SMILES string of the molecule is O=C(O)C1CCCN(S(=O)(=O)c2cc(F)cc(Cl)c2)C1. The quantitative estimate of drug-likeness (QED) is 0.923. The van der Waals surface area contributed by atoms with Crippen LogP contribution in [0.15, 0.2) is 23.1 Å². The highest BCUT2D eigenvalue weighted by molar-refractivity contribution is 7.89. The van der Waals surface area contributed by atoms with Crippen LogP contribution in [0.1, 0.15) is 12.8 Å². The van der Waals surface area contributed by atoms with Gasteiger partial charge >= 0.3 is 5.97 Å². The molecule has 0 amide bonds. The van der Waals surface area contributed by atoms with E-state index in [1.807, 2.05) is 0 Å². The van der Waals surface area contributed by atoms with Gasteiger partial charge < -0.3 is 5.11 Å². The molecule has 1 aromatic rings. The lowest BCUT2D eigenvalue weighted by Crippen LogP contribution is -2.42. The molecule has 0 aromatic heterocycles. The second kappa shape index (κ2) is 5.67. The Morgan fingerprint density at radius 2 is 2.10 bits per heavy atom. The number of piperidine rings is 1. The molecule has 1 aliphatic rings. The summed E-state index contributed by atoms with van der Waals surface area (Å²) >= 11 is 5.66. The first kappa shape index (κ1) is 15.2. The first-order chi connectivity index (χ1) is 9.30. The van der Waals surface area contributed by atoms with Gasteiger partial charge in [-0.2, -0.15) is 4.31 Å². The van der Waals surface area contributed by atoms with Crippen molar-refractivity contribution in [3.63, 3.8) is 0 Å². The van der Waals surface area contributed by atoms with Crippen molar-refractivity contribution in [2.24, 2.45) is 5.92 Å². The predicted octanol–water partition coefficient (Wildman–Crippen LogP) is 1.96. The van der Waals surface area contributed by atoms with Crippen molar-refractivity contribution >= 4 is 27.6 Å². The summed E-state index contributed by atoms with van der Waals surface area (Å²) in [5, 5.41) is 8.96. The molecule has 1 aliphatic heterocycles.